The van der Waals surface area contributed by atoms with Crippen LogP contribution in [0, 0.1) is 11.8 Å². The molecule has 1 rings (SSSR count). The molecule has 1 heterocycles. The Labute approximate surface area is 128 Å². The summed E-state index contributed by atoms with van der Waals surface area (Å²) in [7, 11) is 3.59. The summed E-state index contributed by atoms with van der Waals surface area (Å²) in [6.45, 7) is 4.29. The fourth-order valence-electron chi connectivity index (χ4n) is 3.01. The monoisotopic (exact) mass is 297 g/mol. The van der Waals surface area contributed by atoms with Gasteiger partial charge in [-0.3, -0.25) is 9.59 Å². The normalized spacial score (nSPS) is 17.6. The molecule has 2 N–H and O–H groups in total. The molecule has 0 saturated carbocycles. The van der Waals surface area contributed by atoms with Crippen LogP contribution in [-0.4, -0.2) is 55.3 Å². The van der Waals surface area contributed by atoms with E-state index in [4.69, 9.17) is 5.73 Å². The third-order valence-electron chi connectivity index (χ3n) is 4.56. The van der Waals surface area contributed by atoms with Crippen LogP contribution in [0.1, 0.15) is 45.4 Å². The number of carbonyl (C=O) groups excluding carboxylic acids is 2. The molecule has 2 amide bonds. The van der Waals surface area contributed by atoms with Gasteiger partial charge in [0.25, 0.3) is 0 Å². The number of nitrogens with zero attached hydrogens (tertiary/aromatic N) is 2. The summed E-state index contributed by atoms with van der Waals surface area (Å²) in [5.41, 5.74) is 5.59. The molecule has 1 atom stereocenters. The molecule has 0 aromatic heterocycles. The first-order valence-electron chi connectivity index (χ1n) is 8.18. The van der Waals surface area contributed by atoms with Gasteiger partial charge in [0.1, 0.15) is 0 Å². The number of carbonyl (C=O) groups is 2. The molecule has 0 spiro atoms. The van der Waals surface area contributed by atoms with Crippen LogP contribution in [-0.2, 0) is 9.59 Å². The molecule has 0 aromatic rings. The number of likely N-dealkylation sites (tertiary alicyclic amines) is 1. The molecule has 5 heteroatoms. The second-order valence-electron chi connectivity index (χ2n) is 6.28. The van der Waals surface area contributed by atoms with E-state index in [9.17, 15) is 9.59 Å². The summed E-state index contributed by atoms with van der Waals surface area (Å²) in [5.74, 6) is 1.08. The maximum atomic E-state index is 12.2. The van der Waals surface area contributed by atoms with Gasteiger partial charge in [0.15, 0.2) is 0 Å². The van der Waals surface area contributed by atoms with Gasteiger partial charge in [-0.2, -0.15) is 0 Å². The van der Waals surface area contributed by atoms with Gasteiger partial charge in [-0.15, -0.1) is 0 Å². The molecule has 1 aliphatic rings. The van der Waals surface area contributed by atoms with Crippen molar-refractivity contribution in [2.24, 2.45) is 17.6 Å². The van der Waals surface area contributed by atoms with Crippen molar-refractivity contribution >= 4 is 11.8 Å². The maximum Gasteiger partial charge on any atom is 0.225 e. The van der Waals surface area contributed by atoms with Crippen molar-refractivity contribution < 1.29 is 9.59 Å². The van der Waals surface area contributed by atoms with Crippen molar-refractivity contribution in [1.29, 1.82) is 0 Å². The van der Waals surface area contributed by atoms with Crippen LogP contribution in [0.2, 0.25) is 0 Å². The predicted molar refractivity (Wildman–Crippen MR) is 84.7 cm³/mol. The van der Waals surface area contributed by atoms with E-state index in [2.05, 4.69) is 6.92 Å². The Hall–Kier alpha value is -1.10. The lowest BCUT2D eigenvalue weighted by atomic mass is 9.94. The molecule has 1 saturated heterocycles. The SMILES string of the molecule is CCC(CCN)CCC(=O)N1CCC(C(=O)N(C)C)CC1. The van der Waals surface area contributed by atoms with E-state index < -0.39 is 0 Å². The zero-order valence-corrected chi connectivity index (χ0v) is 13.8. The number of piperidine rings is 1. The van der Waals surface area contributed by atoms with Gasteiger partial charge < -0.3 is 15.5 Å². The van der Waals surface area contributed by atoms with Crippen LogP contribution in [0.3, 0.4) is 0 Å². The zero-order chi connectivity index (χ0) is 15.8. The van der Waals surface area contributed by atoms with Crippen LogP contribution in [0.25, 0.3) is 0 Å². The smallest absolute Gasteiger partial charge is 0.225 e. The third-order valence-corrected chi connectivity index (χ3v) is 4.56. The van der Waals surface area contributed by atoms with Gasteiger partial charge >= 0.3 is 0 Å². The largest absolute Gasteiger partial charge is 0.349 e. The predicted octanol–water partition coefficient (Wildman–Crippen LogP) is 1.47. The molecule has 122 valence electrons. The lowest BCUT2D eigenvalue weighted by molar-refractivity contribution is -0.139. The van der Waals surface area contributed by atoms with E-state index in [1.807, 2.05) is 4.90 Å². The van der Waals surface area contributed by atoms with E-state index in [0.29, 0.717) is 18.9 Å². The highest BCUT2D eigenvalue weighted by Crippen LogP contribution is 2.21. The lowest BCUT2D eigenvalue weighted by Gasteiger charge is -2.32. The lowest BCUT2D eigenvalue weighted by Crippen LogP contribution is -2.42. The Kier molecular flexibility index (Phi) is 7.72. The molecular weight excluding hydrogens is 266 g/mol. The van der Waals surface area contributed by atoms with E-state index in [0.717, 1.165) is 45.2 Å². The van der Waals surface area contributed by atoms with E-state index in [-0.39, 0.29) is 17.7 Å². The van der Waals surface area contributed by atoms with E-state index in [1.165, 1.54) is 0 Å². The van der Waals surface area contributed by atoms with Crippen LogP contribution in [0.15, 0.2) is 0 Å². The van der Waals surface area contributed by atoms with Gasteiger partial charge in [-0.05, 0) is 38.1 Å². The Balaban J connectivity index is 2.33. The van der Waals surface area contributed by atoms with Crippen molar-refractivity contribution in [1.82, 2.24) is 9.80 Å². The summed E-state index contributed by atoms with van der Waals surface area (Å²) >= 11 is 0. The molecule has 0 radical (unpaired) electrons. The molecule has 1 fully saturated rings. The topological polar surface area (TPSA) is 66.6 Å². The molecule has 0 aromatic carbocycles. The Bertz CT molecular complexity index is 336. The summed E-state index contributed by atoms with van der Waals surface area (Å²) < 4.78 is 0. The molecule has 21 heavy (non-hydrogen) atoms. The Morgan fingerprint density at radius 1 is 1.24 bits per heavy atom. The highest BCUT2D eigenvalue weighted by Gasteiger charge is 2.28. The minimum absolute atomic E-state index is 0.0877. The van der Waals surface area contributed by atoms with Crippen molar-refractivity contribution in [3.63, 3.8) is 0 Å². The highest BCUT2D eigenvalue weighted by atomic mass is 16.2. The number of amides is 2. The Morgan fingerprint density at radius 2 is 1.86 bits per heavy atom. The fraction of sp³-hybridized carbons (Fsp3) is 0.875. The van der Waals surface area contributed by atoms with Gasteiger partial charge in [-0.1, -0.05) is 13.3 Å². The second kappa shape index (κ2) is 9.03. The first kappa shape index (κ1) is 18.0. The standard InChI is InChI=1S/C16H31N3O2/c1-4-13(7-10-17)5-6-15(20)19-11-8-14(9-12-19)16(21)18(2)3/h13-14H,4-12,17H2,1-3H3. The quantitative estimate of drug-likeness (QED) is 0.774. The zero-order valence-electron chi connectivity index (χ0n) is 13.8. The molecule has 1 unspecified atom stereocenters. The van der Waals surface area contributed by atoms with Crippen LogP contribution < -0.4 is 5.73 Å². The summed E-state index contributed by atoms with van der Waals surface area (Å²) in [6, 6.07) is 0. The molecule has 0 bridgehead atoms. The third kappa shape index (κ3) is 5.65. The minimum atomic E-state index is 0.0877. The molecule has 1 aliphatic heterocycles. The van der Waals surface area contributed by atoms with Gasteiger partial charge in [0.05, 0.1) is 0 Å². The molecule has 0 aliphatic carbocycles. The van der Waals surface area contributed by atoms with Gasteiger partial charge in [0, 0.05) is 39.5 Å². The van der Waals surface area contributed by atoms with E-state index in [1.54, 1.807) is 19.0 Å². The van der Waals surface area contributed by atoms with Gasteiger partial charge in [-0.25, -0.2) is 0 Å². The minimum Gasteiger partial charge on any atom is -0.349 e. The van der Waals surface area contributed by atoms with E-state index >= 15 is 0 Å². The van der Waals surface area contributed by atoms with Crippen molar-refractivity contribution in [3.8, 4) is 0 Å². The highest BCUT2D eigenvalue weighted by molar-refractivity contribution is 5.79. The molecular formula is C16H31N3O2. The van der Waals surface area contributed by atoms with Crippen LogP contribution >= 0.6 is 0 Å². The number of hydrogen-bond acceptors (Lipinski definition) is 3. The summed E-state index contributed by atoms with van der Waals surface area (Å²) in [6.07, 6.45) is 5.23. The van der Waals surface area contributed by atoms with Crippen LogP contribution in [0.4, 0.5) is 0 Å². The second-order valence-corrected chi connectivity index (χ2v) is 6.28. The fourth-order valence-corrected chi connectivity index (χ4v) is 3.01. The van der Waals surface area contributed by atoms with Gasteiger partial charge in [0.2, 0.25) is 11.8 Å². The Morgan fingerprint density at radius 3 is 2.33 bits per heavy atom. The number of rotatable bonds is 7. The molecule has 5 nitrogen and oxygen atoms in total. The van der Waals surface area contributed by atoms with Crippen molar-refractivity contribution in [3.05, 3.63) is 0 Å². The average molecular weight is 297 g/mol. The summed E-state index contributed by atoms with van der Waals surface area (Å²) in [5, 5.41) is 0. The number of hydrogen-bond donors (Lipinski definition) is 1. The van der Waals surface area contributed by atoms with Crippen LogP contribution in [0.5, 0.6) is 0 Å². The number of nitrogens with two attached hydrogens (primary N) is 1. The summed E-state index contributed by atoms with van der Waals surface area (Å²) in [4.78, 5) is 27.7. The maximum absolute atomic E-state index is 12.2. The average Bonchev–Trinajstić information content (AvgIpc) is 2.50. The van der Waals surface area contributed by atoms with Crippen molar-refractivity contribution in [2.45, 2.75) is 45.4 Å². The first-order valence-corrected chi connectivity index (χ1v) is 8.18. The van der Waals surface area contributed by atoms with Crippen molar-refractivity contribution in [2.75, 3.05) is 33.7 Å². The first-order chi connectivity index (χ1) is 9.99.